The summed E-state index contributed by atoms with van der Waals surface area (Å²) in [7, 11) is 0. The first-order chi connectivity index (χ1) is 6.38. The molecule has 0 atom stereocenters. The molecule has 0 unspecified atom stereocenters. The summed E-state index contributed by atoms with van der Waals surface area (Å²) in [5.74, 6) is 2.18. The van der Waals surface area contributed by atoms with Gasteiger partial charge in [-0.1, -0.05) is 12.1 Å². The third-order valence-corrected chi connectivity index (χ3v) is 1.73. The summed E-state index contributed by atoms with van der Waals surface area (Å²) in [4.78, 5) is 4.17. The van der Waals surface area contributed by atoms with E-state index in [2.05, 4.69) is 10.1 Å². The summed E-state index contributed by atoms with van der Waals surface area (Å²) >= 11 is 0. The van der Waals surface area contributed by atoms with Gasteiger partial charge in [-0.3, -0.25) is 0 Å². The lowest BCUT2D eigenvalue weighted by Gasteiger charge is -1.87. The summed E-state index contributed by atoms with van der Waals surface area (Å²) in [6, 6.07) is 3.72. The summed E-state index contributed by atoms with van der Waals surface area (Å²) in [5, 5.41) is 3.79. The number of hydrogen-bond donors (Lipinski definition) is 0. The second kappa shape index (κ2) is 3.43. The standard InChI is InChI=1S/C9H10N2O2/c1-2-8-10-9(13-11-8)6-7-4-3-5-12-7/h3-5H,2,6H2,1H3. The van der Waals surface area contributed by atoms with Gasteiger partial charge >= 0.3 is 0 Å². The monoisotopic (exact) mass is 178 g/mol. The molecule has 0 spiro atoms. The van der Waals surface area contributed by atoms with E-state index in [1.54, 1.807) is 6.26 Å². The number of furan rings is 1. The topological polar surface area (TPSA) is 52.1 Å². The van der Waals surface area contributed by atoms with Gasteiger partial charge in [0.25, 0.3) is 0 Å². The molecule has 0 saturated carbocycles. The van der Waals surface area contributed by atoms with Crippen molar-refractivity contribution in [1.29, 1.82) is 0 Å². The van der Waals surface area contributed by atoms with Gasteiger partial charge in [0.15, 0.2) is 5.82 Å². The van der Waals surface area contributed by atoms with Crippen molar-refractivity contribution in [2.45, 2.75) is 19.8 Å². The molecule has 4 heteroatoms. The number of hydrogen-bond acceptors (Lipinski definition) is 4. The molecule has 0 fully saturated rings. The highest BCUT2D eigenvalue weighted by molar-refractivity contribution is 5.04. The predicted octanol–water partition coefficient (Wildman–Crippen LogP) is 1.82. The maximum atomic E-state index is 5.15. The Kier molecular flexibility index (Phi) is 2.12. The van der Waals surface area contributed by atoms with Crippen molar-refractivity contribution in [2.75, 3.05) is 0 Å². The first-order valence-electron chi connectivity index (χ1n) is 4.22. The summed E-state index contributed by atoms with van der Waals surface area (Å²) < 4.78 is 10.2. The van der Waals surface area contributed by atoms with E-state index in [4.69, 9.17) is 8.94 Å². The highest BCUT2D eigenvalue weighted by Gasteiger charge is 2.06. The van der Waals surface area contributed by atoms with Crippen molar-refractivity contribution in [3.05, 3.63) is 35.9 Å². The Labute approximate surface area is 75.6 Å². The van der Waals surface area contributed by atoms with Gasteiger partial charge in [-0.2, -0.15) is 4.98 Å². The average Bonchev–Trinajstić information content (AvgIpc) is 2.76. The fourth-order valence-corrected chi connectivity index (χ4v) is 1.07. The molecular formula is C9H10N2O2. The van der Waals surface area contributed by atoms with E-state index in [9.17, 15) is 0 Å². The zero-order valence-electron chi connectivity index (χ0n) is 7.36. The van der Waals surface area contributed by atoms with Crippen LogP contribution in [0.3, 0.4) is 0 Å². The minimum absolute atomic E-state index is 0.569. The second-order valence-electron chi connectivity index (χ2n) is 2.71. The smallest absolute Gasteiger partial charge is 0.234 e. The zero-order chi connectivity index (χ0) is 9.10. The van der Waals surface area contributed by atoms with Crippen LogP contribution in [0, 0.1) is 0 Å². The van der Waals surface area contributed by atoms with Crippen molar-refractivity contribution in [3.63, 3.8) is 0 Å². The third kappa shape index (κ3) is 1.77. The third-order valence-electron chi connectivity index (χ3n) is 1.73. The van der Waals surface area contributed by atoms with Crippen molar-refractivity contribution in [1.82, 2.24) is 10.1 Å². The van der Waals surface area contributed by atoms with Crippen LogP contribution in [0.5, 0.6) is 0 Å². The van der Waals surface area contributed by atoms with Crippen molar-refractivity contribution < 1.29 is 8.94 Å². The van der Waals surface area contributed by atoms with Crippen LogP contribution in [-0.2, 0) is 12.8 Å². The Bertz CT molecular complexity index is 365. The van der Waals surface area contributed by atoms with Crippen LogP contribution < -0.4 is 0 Å². The van der Waals surface area contributed by atoms with E-state index in [1.807, 2.05) is 19.1 Å². The van der Waals surface area contributed by atoms with Gasteiger partial charge in [-0.05, 0) is 12.1 Å². The molecule has 2 heterocycles. The van der Waals surface area contributed by atoms with Crippen molar-refractivity contribution in [2.24, 2.45) is 0 Å². The van der Waals surface area contributed by atoms with Crippen LogP contribution in [0.25, 0.3) is 0 Å². The minimum atomic E-state index is 0.569. The first kappa shape index (κ1) is 8.04. The van der Waals surface area contributed by atoms with Crippen LogP contribution in [-0.4, -0.2) is 10.1 Å². The molecule has 0 aliphatic carbocycles. The molecule has 0 bridgehead atoms. The maximum absolute atomic E-state index is 5.15. The van der Waals surface area contributed by atoms with E-state index < -0.39 is 0 Å². The van der Waals surface area contributed by atoms with Crippen LogP contribution in [0.4, 0.5) is 0 Å². The fourth-order valence-electron chi connectivity index (χ4n) is 1.07. The van der Waals surface area contributed by atoms with Gasteiger partial charge in [-0.25, -0.2) is 0 Å². The zero-order valence-corrected chi connectivity index (χ0v) is 7.36. The molecule has 2 rings (SSSR count). The van der Waals surface area contributed by atoms with Gasteiger partial charge in [0.2, 0.25) is 5.89 Å². The lowest BCUT2D eigenvalue weighted by molar-refractivity contribution is 0.370. The molecule has 68 valence electrons. The number of rotatable bonds is 3. The van der Waals surface area contributed by atoms with Crippen LogP contribution >= 0.6 is 0 Å². The molecule has 0 N–H and O–H groups in total. The SMILES string of the molecule is CCc1noc(Cc2ccco2)n1. The van der Waals surface area contributed by atoms with Gasteiger partial charge in [0.05, 0.1) is 12.7 Å². The molecule has 0 aliphatic rings. The molecule has 0 radical (unpaired) electrons. The largest absolute Gasteiger partial charge is 0.469 e. The normalized spacial score (nSPS) is 10.5. The highest BCUT2D eigenvalue weighted by atomic mass is 16.5. The average molecular weight is 178 g/mol. The molecule has 13 heavy (non-hydrogen) atoms. The maximum Gasteiger partial charge on any atom is 0.234 e. The Morgan fingerprint density at radius 1 is 1.46 bits per heavy atom. The van der Waals surface area contributed by atoms with Crippen molar-refractivity contribution in [3.8, 4) is 0 Å². The highest BCUT2D eigenvalue weighted by Crippen LogP contribution is 2.07. The number of nitrogens with zero attached hydrogens (tertiary/aromatic N) is 2. The summed E-state index contributed by atoms with van der Waals surface area (Å²) in [6.07, 6.45) is 2.99. The van der Waals surface area contributed by atoms with Gasteiger partial charge in [-0.15, -0.1) is 0 Å². The fraction of sp³-hybridized carbons (Fsp3) is 0.333. The van der Waals surface area contributed by atoms with Crippen molar-refractivity contribution >= 4 is 0 Å². The van der Waals surface area contributed by atoms with E-state index in [0.717, 1.165) is 18.0 Å². The Morgan fingerprint density at radius 3 is 3.00 bits per heavy atom. The lowest BCUT2D eigenvalue weighted by Crippen LogP contribution is -1.87. The van der Waals surface area contributed by atoms with Crippen LogP contribution in [0.1, 0.15) is 24.4 Å². The molecule has 0 amide bonds. The van der Waals surface area contributed by atoms with E-state index >= 15 is 0 Å². The first-order valence-corrected chi connectivity index (χ1v) is 4.22. The molecule has 2 aromatic rings. The molecular weight excluding hydrogens is 168 g/mol. The van der Waals surface area contributed by atoms with E-state index in [1.165, 1.54) is 0 Å². The molecule has 0 aromatic carbocycles. The molecule has 0 saturated heterocycles. The summed E-state index contributed by atoms with van der Waals surface area (Å²) in [6.45, 7) is 1.99. The predicted molar refractivity (Wildman–Crippen MR) is 45.2 cm³/mol. The second-order valence-corrected chi connectivity index (χ2v) is 2.71. The quantitative estimate of drug-likeness (QED) is 0.719. The molecule has 2 aromatic heterocycles. The number of aryl methyl sites for hydroxylation is 1. The lowest BCUT2D eigenvalue weighted by atomic mass is 10.3. The molecule has 0 aliphatic heterocycles. The van der Waals surface area contributed by atoms with Gasteiger partial charge in [0, 0.05) is 6.42 Å². The van der Waals surface area contributed by atoms with Crippen LogP contribution in [0.15, 0.2) is 27.3 Å². The Morgan fingerprint density at radius 2 is 2.38 bits per heavy atom. The summed E-state index contributed by atoms with van der Waals surface area (Å²) in [5.41, 5.74) is 0. The van der Waals surface area contributed by atoms with E-state index in [-0.39, 0.29) is 0 Å². The Balaban J connectivity index is 2.10. The van der Waals surface area contributed by atoms with Gasteiger partial charge < -0.3 is 8.94 Å². The molecule has 4 nitrogen and oxygen atoms in total. The van der Waals surface area contributed by atoms with Crippen LogP contribution in [0.2, 0.25) is 0 Å². The van der Waals surface area contributed by atoms with E-state index in [0.29, 0.717) is 12.3 Å². The van der Waals surface area contributed by atoms with Gasteiger partial charge in [0.1, 0.15) is 5.76 Å². The minimum Gasteiger partial charge on any atom is -0.469 e. The Hall–Kier alpha value is -1.58. The number of aromatic nitrogens is 2.